The minimum absolute atomic E-state index is 0.294. The Bertz CT molecular complexity index is 256. The van der Waals surface area contributed by atoms with Gasteiger partial charge in [-0.25, -0.2) is 0 Å². The van der Waals surface area contributed by atoms with Crippen LogP contribution in [0.5, 0.6) is 0 Å². The van der Waals surface area contributed by atoms with Gasteiger partial charge in [0.2, 0.25) is 0 Å². The van der Waals surface area contributed by atoms with E-state index in [2.05, 4.69) is 22.5 Å². The molecule has 0 radical (unpaired) electrons. The van der Waals surface area contributed by atoms with Crippen LogP contribution in [0.15, 0.2) is 4.99 Å². The van der Waals surface area contributed by atoms with Gasteiger partial charge < -0.3 is 24.8 Å². The normalized spacial score (nSPS) is 19.3. The lowest BCUT2D eigenvalue weighted by atomic mass is 10.2. The van der Waals surface area contributed by atoms with Crippen LogP contribution in [-0.2, 0) is 14.2 Å². The average Bonchev–Trinajstić information content (AvgIpc) is 2.97. The zero-order chi connectivity index (χ0) is 14.5. The number of ether oxygens (including phenoxy) is 3. The monoisotopic (exact) mass is 287 g/mol. The predicted octanol–water partition coefficient (Wildman–Crippen LogP) is 0.774. The van der Waals surface area contributed by atoms with Gasteiger partial charge in [-0.3, -0.25) is 4.99 Å². The van der Waals surface area contributed by atoms with Gasteiger partial charge in [-0.15, -0.1) is 0 Å². The van der Waals surface area contributed by atoms with Crippen LogP contribution in [-0.4, -0.2) is 65.2 Å². The molecule has 0 saturated carbocycles. The SMILES string of the molecule is CCNC(=NCC1CCCO1)NCCCOCCOC. The second-order valence-corrected chi connectivity index (χ2v) is 4.74. The minimum Gasteiger partial charge on any atom is -0.382 e. The molecule has 118 valence electrons. The van der Waals surface area contributed by atoms with E-state index in [1.54, 1.807) is 7.11 Å². The third-order valence-corrected chi connectivity index (χ3v) is 3.01. The summed E-state index contributed by atoms with van der Waals surface area (Å²) >= 11 is 0. The first-order valence-corrected chi connectivity index (χ1v) is 7.57. The summed E-state index contributed by atoms with van der Waals surface area (Å²) in [6, 6.07) is 0. The molecule has 0 amide bonds. The summed E-state index contributed by atoms with van der Waals surface area (Å²) in [5, 5.41) is 6.55. The number of methoxy groups -OCH3 is 1. The predicted molar refractivity (Wildman–Crippen MR) is 80.3 cm³/mol. The van der Waals surface area contributed by atoms with Gasteiger partial charge in [-0.05, 0) is 26.2 Å². The highest BCUT2D eigenvalue weighted by Gasteiger charge is 2.14. The van der Waals surface area contributed by atoms with Crippen LogP contribution >= 0.6 is 0 Å². The second-order valence-electron chi connectivity index (χ2n) is 4.74. The van der Waals surface area contributed by atoms with Gasteiger partial charge >= 0.3 is 0 Å². The zero-order valence-corrected chi connectivity index (χ0v) is 12.8. The molecule has 1 heterocycles. The molecule has 1 saturated heterocycles. The van der Waals surface area contributed by atoms with Crippen molar-refractivity contribution in [2.24, 2.45) is 4.99 Å². The molecule has 0 aromatic carbocycles. The van der Waals surface area contributed by atoms with E-state index in [-0.39, 0.29) is 0 Å². The highest BCUT2D eigenvalue weighted by molar-refractivity contribution is 5.79. The van der Waals surface area contributed by atoms with Gasteiger partial charge in [-0.2, -0.15) is 0 Å². The summed E-state index contributed by atoms with van der Waals surface area (Å²) in [6.45, 7) is 7.44. The Hall–Kier alpha value is -0.850. The number of nitrogens with zero attached hydrogens (tertiary/aromatic N) is 1. The molecule has 6 nitrogen and oxygen atoms in total. The molecule has 1 fully saturated rings. The molecule has 1 rings (SSSR count). The van der Waals surface area contributed by atoms with E-state index in [9.17, 15) is 0 Å². The molecular weight excluding hydrogens is 258 g/mol. The fourth-order valence-electron chi connectivity index (χ4n) is 1.95. The lowest BCUT2D eigenvalue weighted by Crippen LogP contribution is -2.38. The first kappa shape index (κ1) is 17.2. The summed E-state index contributed by atoms with van der Waals surface area (Å²) in [4.78, 5) is 4.55. The maximum absolute atomic E-state index is 5.57. The average molecular weight is 287 g/mol. The number of nitrogens with one attached hydrogen (secondary N) is 2. The Balaban J connectivity index is 2.09. The maximum atomic E-state index is 5.57. The Morgan fingerprint density at radius 2 is 2.20 bits per heavy atom. The molecule has 0 bridgehead atoms. The minimum atomic E-state index is 0.294. The van der Waals surface area contributed by atoms with Crippen LogP contribution in [0.1, 0.15) is 26.2 Å². The summed E-state index contributed by atoms with van der Waals surface area (Å²) in [6.07, 6.45) is 3.52. The highest BCUT2D eigenvalue weighted by Crippen LogP contribution is 2.11. The van der Waals surface area contributed by atoms with Crippen molar-refractivity contribution in [3.05, 3.63) is 0 Å². The van der Waals surface area contributed by atoms with E-state index in [1.165, 1.54) is 0 Å². The fraction of sp³-hybridized carbons (Fsp3) is 0.929. The molecule has 6 heteroatoms. The van der Waals surface area contributed by atoms with Crippen molar-refractivity contribution in [2.75, 3.05) is 53.2 Å². The molecule has 0 aromatic heterocycles. The van der Waals surface area contributed by atoms with Crippen molar-refractivity contribution in [3.8, 4) is 0 Å². The molecule has 1 aliphatic rings. The van der Waals surface area contributed by atoms with E-state index in [1.807, 2.05) is 0 Å². The van der Waals surface area contributed by atoms with E-state index in [4.69, 9.17) is 14.2 Å². The number of guanidine groups is 1. The van der Waals surface area contributed by atoms with Crippen LogP contribution < -0.4 is 10.6 Å². The zero-order valence-electron chi connectivity index (χ0n) is 12.8. The van der Waals surface area contributed by atoms with Crippen LogP contribution in [0.3, 0.4) is 0 Å². The van der Waals surface area contributed by atoms with Crippen molar-refractivity contribution in [1.29, 1.82) is 0 Å². The first-order valence-electron chi connectivity index (χ1n) is 7.57. The first-order chi connectivity index (χ1) is 9.86. The third kappa shape index (κ3) is 8.35. The van der Waals surface area contributed by atoms with Crippen molar-refractivity contribution in [3.63, 3.8) is 0 Å². The van der Waals surface area contributed by atoms with Gasteiger partial charge in [0.1, 0.15) is 0 Å². The van der Waals surface area contributed by atoms with Crippen LogP contribution in [0.2, 0.25) is 0 Å². The Labute approximate surface area is 122 Å². The van der Waals surface area contributed by atoms with Gasteiger partial charge in [0.25, 0.3) is 0 Å². The van der Waals surface area contributed by atoms with Crippen molar-refractivity contribution in [1.82, 2.24) is 10.6 Å². The molecular formula is C14H29N3O3. The van der Waals surface area contributed by atoms with Crippen LogP contribution in [0.25, 0.3) is 0 Å². The van der Waals surface area contributed by atoms with Crippen molar-refractivity contribution in [2.45, 2.75) is 32.3 Å². The highest BCUT2D eigenvalue weighted by atomic mass is 16.5. The summed E-state index contributed by atoms with van der Waals surface area (Å²) in [5.41, 5.74) is 0. The van der Waals surface area contributed by atoms with Crippen LogP contribution in [0, 0.1) is 0 Å². The van der Waals surface area contributed by atoms with Crippen molar-refractivity contribution < 1.29 is 14.2 Å². The lowest BCUT2D eigenvalue weighted by molar-refractivity contribution is 0.0698. The van der Waals surface area contributed by atoms with Gasteiger partial charge in [0.05, 0.1) is 25.9 Å². The molecule has 0 aliphatic carbocycles. The molecule has 0 spiro atoms. The largest absolute Gasteiger partial charge is 0.382 e. The summed E-state index contributed by atoms with van der Waals surface area (Å²) in [5.74, 6) is 0.861. The fourth-order valence-corrected chi connectivity index (χ4v) is 1.95. The Morgan fingerprint density at radius 1 is 1.30 bits per heavy atom. The Morgan fingerprint density at radius 3 is 2.90 bits per heavy atom. The second kappa shape index (κ2) is 11.9. The number of rotatable bonds is 10. The van der Waals surface area contributed by atoms with Gasteiger partial charge in [0.15, 0.2) is 5.96 Å². The maximum Gasteiger partial charge on any atom is 0.191 e. The summed E-state index contributed by atoms with van der Waals surface area (Å²) in [7, 11) is 1.68. The Kier molecular flexibility index (Phi) is 10.3. The molecule has 20 heavy (non-hydrogen) atoms. The number of hydrogen-bond acceptors (Lipinski definition) is 4. The third-order valence-electron chi connectivity index (χ3n) is 3.01. The number of aliphatic imine (C=N–C) groups is 1. The van der Waals surface area contributed by atoms with Gasteiger partial charge in [0, 0.05) is 33.4 Å². The summed E-state index contributed by atoms with van der Waals surface area (Å²) < 4.78 is 15.9. The molecule has 1 atom stereocenters. The molecule has 1 aliphatic heterocycles. The van der Waals surface area contributed by atoms with Crippen molar-refractivity contribution >= 4 is 5.96 Å². The molecule has 2 N–H and O–H groups in total. The lowest BCUT2D eigenvalue weighted by Gasteiger charge is -2.13. The topological polar surface area (TPSA) is 64.1 Å². The molecule has 1 unspecified atom stereocenters. The standard InChI is InChI=1S/C14H29N3O3/c1-3-15-14(17-12-13-6-4-9-20-13)16-7-5-8-19-11-10-18-2/h13H,3-12H2,1-2H3,(H2,15,16,17). The molecule has 0 aromatic rings. The number of hydrogen-bond donors (Lipinski definition) is 2. The van der Waals surface area contributed by atoms with Crippen LogP contribution in [0.4, 0.5) is 0 Å². The quantitative estimate of drug-likeness (QED) is 0.353. The smallest absolute Gasteiger partial charge is 0.191 e. The van der Waals surface area contributed by atoms with E-state index in [0.717, 1.165) is 58.1 Å². The van der Waals surface area contributed by atoms with E-state index in [0.29, 0.717) is 19.3 Å². The van der Waals surface area contributed by atoms with Gasteiger partial charge in [-0.1, -0.05) is 0 Å². The van der Waals surface area contributed by atoms with E-state index >= 15 is 0 Å². The van der Waals surface area contributed by atoms with E-state index < -0.39 is 0 Å².